The number of hydrogen-bond acceptors (Lipinski definition) is 4. The Morgan fingerprint density at radius 1 is 1.00 bits per heavy atom. The molecule has 0 bridgehead atoms. The first kappa shape index (κ1) is 22.5. The summed E-state index contributed by atoms with van der Waals surface area (Å²) in [6.45, 7) is 9.01. The van der Waals surface area contributed by atoms with Crippen LogP contribution in [0.25, 0.3) is 0 Å². The number of aliphatic hydroxyl groups is 3. The van der Waals surface area contributed by atoms with Gasteiger partial charge in [0.05, 0.1) is 18.3 Å². The molecule has 4 aliphatic rings. The topological polar surface area (TPSA) is 98.0 Å². The Balaban J connectivity index is 1.63. The van der Waals surface area contributed by atoms with E-state index in [2.05, 4.69) is 27.7 Å². The molecular formula is C25H42O5. The van der Waals surface area contributed by atoms with Gasteiger partial charge in [0, 0.05) is 6.42 Å². The summed E-state index contributed by atoms with van der Waals surface area (Å²) in [5.74, 6) is 1.29. The number of aliphatic hydroxyl groups excluding tert-OH is 3. The molecule has 0 aromatic rings. The van der Waals surface area contributed by atoms with Crippen LogP contribution in [0.5, 0.6) is 0 Å². The van der Waals surface area contributed by atoms with E-state index in [4.69, 9.17) is 5.11 Å². The van der Waals surface area contributed by atoms with Crippen molar-refractivity contribution in [3.63, 3.8) is 0 Å². The van der Waals surface area contributed by atoms with Crippen LogP contribution in [0, 0.1) is 52.3 Å². The Bertz CT molecular complexity index is 666. The van der Waals surface area contributed by atoms with Crippen LogP contribution in [0.1, 0.15) is 79.1 Å². The van der Waals surface area contributed by atoms with Gasteiger partial charge in [-0.2, -0.15) is 0 Å². The molecule has 5 nitrogen and oxygen atoms in total. The number of carboxylic acids is 1. The number of hydrogen-bond donors (Lipinski definition) is 4. The minimum Gasteiger partial charge on any atom is -0.481 e. The summed E-state index contributed by atoms with van der Waals surface area (Å²) < 4.78 is 0. The SMILES string of the molecule is CC(CCC(=O)O)C1CCC2C3C(O)CC4CC(O)CC(C)C4(C)C3CC(O)C12C. The molecule has 0 aliphatic heterocycles. The van der Waals surface area contributed by atoms with Gasteiger partial charge in [0.15, 0.2) is 0 Å². The number of carboxylic acid groups (broad SMARTS) is 1. The normalized spacial score (nSPS) is 54.0. The number of fused-ring (bicyclic) bond motifs is 5. The van der Waals surface area contributed by atoms with Crippen molar-refractivity contribution in [3.8, 4) is 0 Å². The maximum absolute atomic E-state index is 11.6. The first-order chi connectivity index (χ1) is 14.0. The standard InChI is InChI=1S/C25H42O5/c1-13(5-8-22(29)30)17-6-7-18-23-19(12-21(28)25(17,18)4)24(3)14(2)9-16(26)10-15(24)11-20(23)27/h13-21,23,26-28H,5-12H2,1-4H3,(H,29,30). The van der Waals surface area contributed by atoms with Gasteiger partial charge in [0.2, 0.25) is 0 Å². The third-order valence-corrected chi connectivity index (χ3v) is 10.9. The fraction of sp³-hybridized carbons (Fsp3) is 0.960. The summed E-state index contributed by atoms with van der Waals surface area (Å²) >= 11 is 0. The van der Waals surface area contributed by atoms with Crippen LogP contribution in [0.4, 0.5) is 0 Å². The summed E-state index contributed by atoms with van der Waals surface area (Å²) in [7, 11) is 0. The van der Waals surface area contributed by atoms with Crippen molar-refractivity contribution in [3.05, 3.63) is 0 Å². The van der Waals surface area contributed by atoms with E-state index in [1.54, 1.807) is 0 Å². The van der Waals surface area contributed by atoms with Crippen molar-refractivity contribution in [2.24, 2.45) is 52.3 Å². The summed E-state index contributed by atoms with van der Waals surface area (Å²) in [6.07, 6.45) is 4.91. The highest BCUT2D eigenvalue weighted by atomic mass is 16.4. The molecule has 0 saturated heterocycles. The van der Waals surface area contributed by atoms with Crippen LogP contribution in [0.15, 0.2) is 0 Å². The molecule has 4 saturated carbocycles. The van der Waals surface area contributed by atoms with Crippen molar-refractivity contribution in [2.75, 3.05) is 0 Å². The Labute approximate surface area is 181 Å². The molecule has 30 heavy (non-hydrogen) atoms. The van der Waals surface area contributed by atoms with Crippen molar-refractivity contribution in [2.45, 2.75) is 97.4 Å². The van der Waals surface area contributed by atoms with E-state index in [0.29, 0.717) is 24.2 Å². The molecule has 4 rings (SSSR count). The zero-order valence-electron chi connectivity index (χ0n) is 19.1. The van der Waals surface area contributed by atoms with Gasteiger partial charge >= 0.3 is 5.97 Å². The molecule has 0 aromatic carbocycles. The number of aliphatic carboxylic acids is 1. The van der Waals surface area contributed by atoms with E-state index in [-0.39, 0.29) is 53.1 Å². The molecule has 0 spiro atoms. The third-order valence-electron chi connectivity index (χ3n) is 10.9. The van der Waals surface area contributed by atoms with E-state index in [9.17, 15) is 20.1 Å². The van der Waals surface area contributed by atoms with Crippen molar-refractivity contribution in [1.29, 1.82) is 0 Å². The molecule has 0 heterocycles. The fourth-order valence-electron chi connectivity index (χ4n) is 9.15. The average Bonchev–Trinajstić information content (AvgIpc) is 3.01. The molecule has 12 unspecified atom stereocenters. The second kappa shape index (κ2) is 7.74. The Hall–Kier alpha value is -0.650. The molecule has 172 valence electrons. The molecule has 4 aliphatic carbocycles. The molecule has 12 atom stereocenters. The first-order valence-corrected chi connectivity index (χ1v) is 12.3. The van der Waals surface area contributed by atoms with Crippen LogP contribution >= 0.6 is 0 Å². The summed E-state index contributed by atoms with van der Waals surface area (Å²) in [4.78, 5) is 11.1. The van der Waals surface area contributed by atoms with Crippen LogP contribution in [0.3, 0.4) is 0 Å². The van der Waals surface area contributed by atoms with Gasteiger partial charge in [-0.1, -0.05) is 27.7 Å². The predicted octanol–water partition coefficient (Wildman–Crippen LogP) is 3.69. The minimum atomic E-state index is -0.749. The monoisotopic (exact) mass is 422 g/mol. The second-order valence-corrected chi connectivity index (χ2v) is 11.9. The van der Waals surface area contributed by atoms with E-state index in [1.165, 1.54) is 0 Å². The molecule has 4 N–H and O–H groups in total. The van der Waals surface area contributed by atoms with Crippen LogP contribution in [0.2, 0.25) is 0 Å². The molecule has 4 fully saturated rings. The lowest BCUT2D eigenvalue weighted by atomic mass is 9.41. The van der Waals surface area contributed by atoms with E-state index < -0.39 is 12.1 Å². The third kappa shape index (κ3) is 3.17. The van der Waals surface area contributed by atoms with Gasteiger partial charge in [0.1, 0.15) is 0 Å². The molecular weight excluding hydrogens is 380 g/mol. The lowest BCUT2D eigenvalue weighted by molar-refractivity contribution is -0.220. The van der Waals surface area contributed by atoms with Gasteiger partial charge in [-0.3, -0.25) is 4.79 Å². The van der Waals surface area contributed by atoms with Crippen molar-refractivity contribution < 1.29 is 25.2 Å². The Kier molecular flexibility index (Phi) is 5.81. The highest BCUT2D eigenvalue weighted by Crippen LogP contribution is 2.69. The van der Waals surface area contributed by atoms with E-state index in [1.807, 2.05) is 0 Å². The van der Waals surface area contributed by atoms with Crippen LogP contribution in [-0.4, -0.2) is 44.7 Å². The maximum atomic E-state index is 11.6. The Morgan fingerprint density at radius 3 is 2.37 bits per heavy atom. The summed E-state index contributed by atoms with van der Waals surface area (Å²) in [6, 6.07) is 0. The van der Waals surface area contributed by atoms with Crippen LogP contribution in [-0.2, 0) is 4.79 Å². The average molecular weight is 423 g/mol. The quantitative estimate of drug-likeness (QED) is 0.554. The van der Waals surface area contributed by atoms with Gasteiger partial charge in [-0.25, -0.2) is 0 Å². The second-order valence-electron chi connectivity index (χ2n) is 11.9. The zero-order valence-corrected chi connectivity index (χ0v) is 19.1. The molecule has 0 radical (unpaired) electrons. The zero-order chi connectivity index (χ0) is 22.0. The lowest BCUT2D eigenvalue weighted by Crippen LogP contribution is -2.64. The van der Waals surface area contributed by atoms with Crippen molar-refractivity contribution >= 4 is 5.97 Å². The first-order valence-electron chi connectivity index (χ1n) is 12.3. The highest BCUT2D eigenvalue weighted by molar-refractivity contribution is 5.66. The predicted molar refractivity (Wildman–Crippen MR) is 115 cm³/mol. The van der Waals surface area contributed by atoms with Gasteiger partial charge in [-0.05, 0) is 97.2 Å². The van der Waals surface area contributed by atoms with Gasteiger partial charge in [-0.15, -0.1) is 0 Å². The minimum absolute atomic E-state index is 0.0540. The number of rotatable bonds is 4. The molecule has 0 aromatic heterocycles. The fourth-order valence-corrected chi connectivity index (χ4v) is 9.15. The molecule has 0 amide bonds. The van der Waals surface area contributed by atoms with Crippen LogP contribution < -0.4 is 0 Å². The van der Waals surface area contributed by atoms with Gasteiger partial charge < -0.3 is 20.4 Å². The smallest absolute Gasteiger partial charge is 0.303 e. The maximum Gasteiger partial charge on any atom is 0.303 e. The molecule has 5 heteroatoms. The lowest BCUT2D eigenvalue weighted by Gasteiger charge is -2.65. The van der Waals surface area contributed by atoms with E-state index in [0.717, 1.165) is 38.5 Å². The van der Waals surface area contributed by atoms with Gasteiger partial charge in [0.25, 0.3) is 0 Å². The highest BCUT2D eigenvalue weighted by Gasteiger charge is 2.66. The summed E-state index contributed by atoms with van der Waals surface area (Å²) in [5, 5.41) is 42.4. The summed E-state index contributed by atoms with van der Waals surface area (Å²) in [5.41, 5.74) is -0.195. The van der Waals surface area contributed by atoms with E-state index >= 15 is 0 Å². The number of carbonyl (C=O) groups is 1. The van der Waals surface area contributed by atoms with Crippen molar-refractivity contribution in [1.82, 2.24) is 0 Å². The Morgan fingerprint density at radius 2 is 1.70 bits per heavy atom. The largest absolute Gasteiger partial charge is 0.481 e.